The van der Waals surface area contributed by atoms with Crippen LogP contribution in [0.1, 0.15) is 43.8 Å². The number of nitrogens with two attached hydrogens (primary N) is 1. The number of nitrogen functional groups attached to an aromatic ring is 1. The Balaban J connectivity index is 2.30. The van der Waals surface area contributed by atoms with Gasteiger partial charge in [0.05, 0.1) is 6.61 Å². The van der Waals surface area contributed by atoms with E-state index in [1.807, 2.05) is 13.8 Å². The number of aromatic nitrogens is 3. The van der Waals surface area contributed by atoms with Gasteiger partial charge in [-0.1, -0.05) is 13.8 Å². The standard InChI is InChI=1S/C10H16N4O/c1-6(2)8-12-9(14-10(11)13-8)7-3-4-15-5-7/h6-7H,3-5H2,1-2H3,(H2,11,12,13,14). The van der Waals surface area contributed by atoms with Crippen molar-refractivity contribution < 1.29 is 4.74 Å². The topological polar surface area (TPSA) is 73.9 Å². The molecule has 1 aliphatic heterocycles. The fraction of sp³-hybridized carbons (Fsp3) is 0.700. The van der Waals surface area contributed by atoms with Gasteiger partial charge < -0.3 is 10.5 Å². The maximum absolute atomic E-state index is 5.66. The van der Waals surface area contributed by atoms with Crippen molar-refractivity contribution in [2.75, 3.05) is 18.9 Å². The minimum atomic E-state index is 0.274. The smallest absolute Gasteiger partial charge is 0.223 e. The van der Waals surface area contributed by atoms with Crippen LogP contribution in [0, 0.1) is 0 Å². The summed E-state index contributed by atoms with van der Waals surface area (Å²) in [7, 11) is 0. The zero-order chi connectivity index (χ0) is 10.8. The Morgan fingerprint density at radius 2 is 2.13 bits per heavy atom. The number of rotatable bonds is 2. The zero-order valence-corrected chi connectivity index (χ0v) is 9.10. The molecule has 1 aliphatic rings. The molecule has 1 aromatic heterocycles. The van der Waals surface area contributed by atoms with Gasteiger partial charge in [0.2, 0.25) is 5.95 Å². The summed E-state index contributed by atoms with van der Waals surface area (Å²) in [6, 6.07) is 0. The summed E-state index contributed by atoms with van der Waals surface area (Å²) in [6.45, 7) is 5.57. The lowest BCUT2D eigenvalue weighted by atomic mass is 10.1. The van der Waals surface area contributed by atoms with E-state index in [-0.39, 0.29) is 11.8 Å². The Hall–Kier alpha value is -1.23. The van der Waals surface area contributed by atoms with Crippen molar-refractivity contribution in [2.24, 2.45) is 0 Å². The van der Waals surface area contributed by atoms with Gasteiger partial charge in [-0.05, 0) is 6.42 Å². The zero-order valence-electron chi connectivity index (χ0n) is 9.10. The van der Waals surface area contributed by atoms with Gasteiger partial charge in [-0.2, -0.15) is 9.97 Å². The summed E-state index contributed by atoms with van der Waals surface area (Å²) in [4.78, 5) is 12.7. The third-order valence-corrected chi connectivity index (χ3v) is 2.50. The van der Waals surface area contributed by atoms with Crippen LogP contribution in [0.3, 0.4) is 0 Å². The molecule has 1 atom stereocenters. The highest BCUT2D eigenvalue weighted by molar-refractivity contribution is 5.19. The molecule has 2 heterocycles. The number of anilines is 1. The molecule has 0 spiro atoms. The minimum Gasteiger partial charge on any atom is -0.381 e. The van der Waals surface area contributed by atoms with Crippen molar-refractivity contribution in [2.45, 2.75) is 32.1 Å². The van der Waals surface area contributed by atoms with Gasteiger partial charge in [0.1, 0.15) is 11.6 Å². The molecule has 0 radical (unpaired) electrons. The van der Waals surface area contributed by atoms with Crippen molar-refractivity contribution in [1.82, 2.24) is 15.0 Å². The first-order valence-electron chi connectivity index (χ1n) is 5.26. The molecule has 1 unspecified atom stereocenters. The van der Waals surface area contributed by atoms with Crippen LogP contribution in [0.4, 0.5) is 5.95 Å². The van der Waals surface area contributed by atoms with Gasteiger partial charge in [-0.3, -0.25) is 0 Å². The van der Waals surface area contributed by atoms with E-state index in [0.29, 0.717) is 12.6 Å². The maximum atomic E-state index is 5.66. The monoisotopic (exact) mass is 208 g/mol. The summed E-state index contributed by atoms with van der Waals surface area (Å²) < 4.78 is 5.31. The van der Waals surface area contributed by atoms with Crippen molar-refractivity contribution in [1.29, 1.82) is 0 Å². The van der Waals surface area contributed by atoms with E-state index in [0.717, 1.165) is 24.7 Å². The van der Waals surface area contributed by atoms with Gasteiger partial charge >= 0.3 is 0 Å². The van der Waals surface area contributed by atoms with Gasteiger partial charge in [0, 0.05) is 18.4 Å². The average molecular weight is 208 g/mol. The molecule has 2 N–H and O–H groups in total. The molecule has 0 aliphatic carbocycles. The molecule has 0 amide bonds. The molecule has 15 heavy (non-hydrogen) atoms. The molecule has 82 valence electrons. The molecule has 2 rings (SSSR count). The predicted molar refractivity (Wildman–Crippen MR) is 56.5 cm³/mol. The molecule has 1 fully saturated rings. The summed E-state index contributed by atoms with van der Waals surface area (Å²) >= 11 is 0. The summed E-state index contributed by atoms with van der Waals surface area (Å²) in [5.41, 5.74) is 5.66. The quantitative estimate of drug-likeness (QED) is 0.787. The molecule has 1 aromatic rings. The third-order valence-electron chi connectivity index (χ3n) is 2.50. The highest BCUT2D eigenvalue weighted by atomic mass is 16.5. The number of hydrogen-bond acceptors (Lipinski definition) is 5. The van der Waals surface area contributed by atoms with Crippen molar-refractivity contribution in [3.8, 4) is 0 Å². The molecular weight excluding hydrogens is 192 g/mol. The molecule has 5 heteroatoms. The first kappa shape index (κ1) is 10.3. The lowest BCUT2D eigenvalue weighted by molar-refractivity contribution is 0.193. The Morgan fingerprint density at radius 1 is 1.33 bits per heavy atom. The first-order chi connectivity index (χ1) is 7.16. The van der Waals surface area contributed by atoms with Crippen molar-refractivity contribution in [3.63, 3.8) is 0 Å². The predicted octanol–water partition coefficient (Wildman–Crippen LogP) is 1.08. The van der Waals surface area contributed by atoms with Crippen LogP contribution in [-0.2, 0) is 4.74 Å². The van der Waals surface area contributed by atoms with E-state index in [4.69, 9.17) is 10.5 Å². The Morgan fingerprint density at radius 3 is 2.73 bits per heavy atom. The fourth-order valence-corrected chi connectivity index (χ4v) is 1.61. The fourth-order valence-electron chi connectivity index (χ4n) is 1.61. The summed E-state index contributed by atoms with van der Waals surface area (Å²) in [5.74, 6) is 2.42. The van der Waals surface area contributed by atoms with Gasteiger partial charge in [-0.15, -0.1) is 0 Å². The van der Waals surface area contributed by atoms with Crippen LogP contribution < -0.4 is 5.73 Å². The van der Waals surface area contributed by atoms with Crippen molar-refractivity contribution >= 4 is 5.95 Å². The molecule has 0 bridgehead atoms. The van der Waals surface area contributed by atoms with E-state index in [2.05, 4.69) is 15.0 Å². The highest BCUT2D eigenvalue weighted by Gasteiger charge is 2.22. The van der Waals surface area contributed by atoms with E-state index < -0.39 is 0 Å². The normalized spacial score (nSPS) is 21.1. The summed E-state index contributed by atoms with van der Waals surface area (Å²) in [5, 5.41) is 0. The van der Waals surface area contributed by atoms with Gasteiger partial charge in [0.15, 0.2) is 0 Å². The molecule has 1 saturated heterocycles. The lowest BCUT2D eigenvalue weighted by Crippen LogP contribution is -2.12. The number of hydrogen-bond donors (Lipinski definition) is 1. The maximum Gasteiger partial charge on any atom is 0.223 e. The number of nitrogens with zero attached hydrogens (tertiary/aromatic N) is 3. The Bertz CT molecular complexity index is 347. The average Bonchev–Trinajstić information content (AvgIpc) is 2.69. The number of ether oxygens (including phenoxy) is 1. The Kier molecular flexibility index (Phi) is 2.81. The second kappa shape index (κ2) is 4.10. The first-order valence-corrected chi connectivity index (χ1v) is 5.26. The van der Waals surface area contributed by atoms with Gasteiger partial charge in [-0.25, -0.2) is 4.98 Å². The molecular formula is C10H16N4O. The van der Waals surface area contributed by atoms with Crippen LogP contribution in [0.25, 0.3) is 0 Å². The van der Waals surface area contributed by atoms with Crippen LogP contribution in [0.5, 0.6) is 0 Å². The Labute approximate surface area is 89.1 Å². The third kappa shape index (κ3) is 2.23. The molecule has 0 aromatic carbocycles. The van der Waals surface area contributed by atoms with Crippen LogP contribution in [0.2, 0.25) is 0 Å². The lowest BCUT2D eigenvalue weighted by Gasteiger charge is -2.10. The molecule has 0 saturated carbocycles. The van der Waals surface area contributed by atoms with Gasteiger partial charge in [0.25, 0.3) is 0 Å². The van der Waals surface area contributed by atoms with E-state index in [9.17, 15) is 0 Å². The van der Waals surface area contributed by atoms with Crippen molar-refractivity contribution in [3.05, 3.63) is 11.6 Å². The van der Waals surface area contributed by atoms with E-state index in [1.54, 1.807) is 0 Å². The summed E-state index contributed by atoms with van der Waals surface area (Å²) in [6.07, 6.45) is 0.973. The minimum absolute atomic E-state index is 0.274. The molecule has 5 nitrogen and oxygen atoms in total. The largest absolute Gasteiger partial charge is 0.381 e. The SMILES string of the molecule is CC(C)c1nc(N)nc(C2CCOC2)n1. The second-order valence-corrected chi connectivity index (χ2v) is 4.13. The van der Waals surface area contributed by atoms with E-state index in [1.165, 1.54) is 0 Å². The second-order valence-electron chi connectivity index (χ2n) is 4.13. The highest BCUT2D eigenvalue weighted by Crippen LogP contribution is 2.23. The van der Waals surface area contributed by atoms with Crippen LogP contribution in [0.15, 0.2) is 0 Å². The van der Waals surface area contributed by atoms with E-state index >= 15 is 0 Å². The van der Waals surface area contributed by atoms with Crippen LogP contribution >= 0.6 is 0 Å². The van der Waals surface area contributed by atoms with Crippen LogP contribution in [-0.4, -0.2) is 28.2 Å².